The second-order valence-electron chi connectivity index (χ2n) is 9.62. The number of halogens is 1. The van der Waals surface area contributed by atoms with E-state index in [2.05, 4.69) is 0 Å². The second-order valence-corrected chi connectivity index (χ2v) is 10.0. The number of rotatable bonds is 6. The Morgan fingerprint density at radius 1 is 1.16 bits per heavy atom. The summed E-state index contributed by atoms with van der Waals surface area (Å²) in [6.07, 6.45) is 5.50. The van der Waals surface area contributed by atoms with Crippen molar-refractivity contribution in [1.82, 2.24) is 9.80 Å². The van der Waals surface area contributed by atoms with Crippen molar-refractivity contribution in [3.63, 3.8) is 0 Å². The molecule has 0 radical (unpaired) electrons. The molecule has 1 aliphatic carbocycles. The maximum absolute atomic E-state index is 13.8. The van der Waals surface area contributed by atoms with Gasteiger partial charge in [-0.05, 0) is 49.7 Å². The predicted octanol–water partition coefficient (Wildman–Crippen LogP) is 3.68. The summed E-state index contributed by atoms with van der Waals surface area (Å²) in [6, 6.07) is 7.03. The van der Waals surface area contributed by atoms with E-state index in [0.717, 1.165) is 38.5 Å². The van der Waals surface area contributed by atoms with E-state index in [-0.39, 0.29) is 48.6 Å². The van der Waals surface area contributed by atoms with Crippen LogP contribution in [0.3, 0.4) is 0 Å². The minimum atomic E-state index is -1.24. The van der Waals surface area contributed by atoms with Crippen LogP contribution in [-0.2, 0) is 19.8 Å². The number of piperidine rings is 1. The molecule has 2 saturated heterocycles. The molecule has 3 amide bonds. The summed E-state index contributed by atoms with van der Waals surface area (Å²) in [6.45, 7) is 3.09. The molecule has 1 saturated carbocycles. The fourth-order valence-corrected chi connectivity index (χ4v) is 6.14. The van der Waals surface area contributed by atoms with E-state index >= 15 is 0 Å². The highest BCUT2D eigenvalue weighted by Crippen LogP contribution is 2.45. The lowest BCUT2D eigenvalue weighted by Gasteiger charge is -2.36. The zero-order valence-corrected chi connectivity index (χ0v) is 19.5. The Kier molecular flexibility index (Phi) is 6.91. The first-order chi connectivity index (χ1) is 15.4. The van der Waals surface area contributed by atoms with E-state index in [1.165, 1.54) is 4.90 Å². The molecule has 7 heteroatoms. The Morgan fingerprint density at radius 2 is 1.81 bits per heavy atom. The van der Waals surface area contributed by atoms with Crippen LogP contribution in [0, 0.1) is 5.92 Å². The third kappa shape index (κ3) is 4.19. The van der Waals surface area contributed by atoms with Crippen LogP contribution in [0.2, 0.25) is 5.02 Å². The van der Waals surface area contributed by atoms with Crippen molar-refractivity contribution in [3.05, 3.63) is 34.9 Å². The lowest BCUT2D eigenvalue weighted by molar-refractivity contribution is -0.145. The van der Waals surface area contributed by atoms with E-state index in [1.807, 2.05) is 6.92 Å². The van der Waals surface area contributed by atoms with Gasteiger partial charge in [0.2, 0.25) is 17.7 Å². The largest absolute Gasteiger partial charge is 0.393 e. The number of nitrogens with zero attached hydrogens (tertiary/aromatic N) is 2. The number of amides is 3. The van der Waals surface area contributed by atoms with Gasteiger partial charge in [0, 0.05) is 37.0 Å². The summed E-state index contributed by atoms with van der Waals surface area (Å²) < 4.78 is 0. The number of carbonyl (C=O) groups is 3. The Hall–Kier alpha value is -1.92. The van der Waals surface area contributed by atoms with E-state index in [9.17, 15) is 19.5 Å². The van der Waals surface area contributed by atoms with Crippen molar-refractivity contribution in [2.75, 3.05) is 13.1 Å². The standard InChI is InChI=1S/C25H33ClN2O4/c1-2-21(29)17-11-13-27(14-12-17)22(30)15-25(19-9-5-6-10-20(19)26)16-23(31)28(24(25)32)18-7-3-4-8-18/h5-6,9-10,17-18,21,29H,2-4,7-8,11-16H2,1H3/t21-,25+/m1/s1. The molecule has 0 aromatic heterocycles. The van der Waals surface area contributed by atoms with Gasteiger partial charge in [-0.15, -0.1) is 0 Å². The first kappa shape index (κ1) is 23.2. The van der Waals surface area contributed by atoms with E-state index in [4.69, 9.17) is 11.6 Å². The smallest absolute Gasteiger partial charge is 0.241 e. The highest BCUT2D eigenvalue weighted by atomic mass is 35.5. The molecular formula is C25H33ClN2O4. The fraction of sp³-hybridized carbons (Fsp3) is 0.640. The number of aliphatic hydroxyl groups excluding tert-OH is 1. The van der Waals surface area contributed by atoms with E-state index < -0.39 is 5.41 Å². The minimum Gasteiger partial charge on any atom is -0.393 e. The van der Waals surface area contributed by atoms with Gasteiger partial charge in [0.05, 0.1) is 11.5 Å². The van der Waals surface area contributed by atoms with Gasteiger partial charge in [-0.25, -0.2) is 0 Å². The molecule has 0 bridgehead atoms. The van der Waals surface area contributed by atoms with Gasteiger partial charge in [0.15, 0.2) is 0 Å². The number of hydrogen-bond donors (Lipinski definition) is 1. The zero-order chi connectivity index (χ0) is 22.9. The van der Waals surface area contributed by atoms with Crippen molar-refractivity contribution in [2.45, 2.75) is 82.3 Å². The van der Waals surface area contributed by atoms with Crippen LogP contribution in [0.15, 0.2) is 24.3 Å². The Labute approximate surface area is 194 Å². The summed E-state index contributed by atoms with van der Waals surface area (Å²) in [7, 11) is 0. The molecule has 0 spiro atoms. The SMILES string of the molecule is CC[C@@H](O)C1CCN(C(=O)C[C@@]2(c3ccccc3Cl)CC(=O)N(C3CCCC3)C2=O)CC1. The molecule has 3 fully saturated rings. The van der Waals surface area contributed by atoms with Crippen LogP contribution in [-0.4, -0.2) is 57.9 Å². The predicted molar refractivity (Wildman–Crippen MR) is 122 cm³/mol. The summed E-state index contributed by atoms with van der Waals surface area (Å²) in [5, 5.41) is 10.6. The molecule has 6 nitrogen and oxygen atoms in total. The molecule has 1 N–H and O–H groups in total. The van der Waals surface area contributed by atoms with Gasteiger partial charge in [-0.1, -0.05) is 49.6 Å². The molecule has 2 heterocycles. The average Bonchev–Trinajstić information content (AvgIpc) is 3.40. The number of imide groups is 1. The highest BCUT2D eigenvalue weighted by molar-refractivity contribution is 6.32. The molecule has 174 valence electrons. The highest BCUT2D eigenvalue weighted by Gasteiger charge is 2.56. The molecule has 2 atom stereocenters. The number of carbonyl (C=O) groups excluding carboxylic acids is 3. The van der Waals surface area contributed by atoms with E-state index in [0.29, 0.717) is 30.1 Å². The second kappa shape index (κ2) is 9.52. The van der Waals surface area contributed by atoms with Crippen molar-refractivity contribution in [3.8, 4) is 0 Å². The van der Waals surface area contributed by atoms with Crippen LogP contribution < -0.4 is 0 Å². The summed E-state index contributed by atoms with van der Waals surface area (Å²) in [5.74, 6) is -0.385. The minimum absolute atomic E-state index is 0.0111. The topological polar surface area (TPSA) is 77.9 Å². The molecule has 1 aromatic carbocycles. The lowest BCUT2D eigenvalue weighted by atomic mass is 9.75. The molecule has 3 aliphatic rings. The third-order valence-electron chi connectivity index (χ3n) is 7.74. The van der Waals surface area contributed by atoms with Gasteiger partial charge in [0.1, 0.15) is 0 Å². The monoisotopic (exact) mass is 460 g/mol. The van der Waals surface area contributed by atoms with Crippen LogP contribution in [0.5, 0.6) is 0 Å². The normalized spacial score (nSPS) is 26.2. The van der Waals surface area contributed by atoms with E-state index in [1.54, 1.807) is 29.2 Å². The Balaban J connectivity index is 1.59. The Morgan fingerprint density at radius 3 is 2.44 bits per heavy atom. The van der Waals surface area contributed by atoms with Gasteiger partial charge in [-0.2, -0.15) is 0 Å². The molecule has 1 aromatic rings. The van der Waals surface area contributed by atoms with Gasteiger partial charge >= 0.3 is 0 Å². The van der Waals surface area contributed by atoms with Crippen LogP contribution in [0.25, 0.3) is 0 Å². The average molecular weight is 461 g/mol. The molecule has 0 unspecified atom stereocenters. The van der Waals surface area contributed by atoms with Gasteiger partial charge < -0.3 is 10.0 Å². The van der Waals surface area contributed by atoms with Crippen molar-refractivity contribution in [2.24, 2.45) is 5.92 Å². The molecule has 32 heavy (non-hydrogen) atoms. The maximum Gasteiger partial charge on any atom is 0.241 e. The van der Waals surface area contributed by atoms with Crippen LogP contribution in [0.4, 0.5) is 0 Å². The quantitative estimate of drug-likeness (QED) is 0.657. The van der Waals surface area contributed by atoms with Crippen molar-refractivity contribution >= 4 is 29.3 Å². The fourth-order valence-electron chi connectivity index (χ4n) is 5.82. The van der Waals surface area contributed by atoms with Gasteiger partial charge in [-0.3, -0.25) is 19.3 Å². The number of aliphatic hydroxyl groups is 1. The number of benzene rings is 1. The zero-order valence-electron chi connectivity index (χ0n) is 18.8. The van der Waals surface area contributed by atoms with Crippen LogP contribution in [0.1, 0.15) is 70.3 Å². The molecular weight excluding hydrogens is 428 g/mol. The first-order valence-corrected chi connectivity index (χ1v) is 12.3. The number of likely N-dealkylation sites (tertiary alicyclic amines) is 2. The lowest BCUT2D eigenvalue weighted by Crippen LogP contribution is -2.47. The van der Waals surface area contributed by atoms with Crippen molar-refractivity contribution in [1.29, 1.82) is 0 Å². The maximum atomic E-state index is 13.8. The molecule has 2 aliphatic heterocycles. The van der Waals surface area contributed by atoms with Gasteiger partial charge in [0.25, 0.3) is 0 Å². The Bertz CT molecular complexity index is 876. The number of hydrogen-bond acceptors (Lipinski definition) is 4. The van der Waals surface area contributed by atoms with Crippen LogP contribution >= 0.6 is 11.6 Å². The first-order valence-electron chi connectivity index (χ1n) is 11.9. The third-order valence-corrected chi connectivity index (χ3v) is 8.07. The molecule has 4 rings (SSSR count). The summed E-state index contributed by atoms with van der Waals surface area (Å²) >= 11 is 6.52. The van der Waals surface area contributed by atoms with Crippen molar-refractivity contribution < 1.29 is 19.5 Å². The summed E-state index contributed by atoms with van der Waals surface area (Å²) in [4.78, 5) is 43.5. The summed E-state index contributed by atoms with van der Waals surface area (Å²) in [5.41, 5.74) is -0.667.